The highest BCUT2D eigenvalue weighted by Crippen LogP contribution is 2.04. The van der Waals surface area contributed by atoms with E-state index in [0.29, 0.717) is 0 Å². The number of para-hydroxylation sites is 1. The number of rotatable bonds is 2. The van der Waals surface area contributed by atoms with Gasteiger partial charge in [-0.1, -0.05) is 44.9 Å². The van der Waals surface area contributed by atoms with Gasteiger partial charge in [-0.25, -0.2) is 4.98 Å². The van der Waals surface area contributed by atoms with Crippen molar-refractivity contribution in [3.05, 3.63) is 49.1 Å². The highest BCUT2D eigenvalue weighted by atomic mass is 15.0. The summed E-state index contributed by atoms with van der Waals surface area (Å²) < 4.78 is 1.97. The topological polar surface area (TPSA) is 17.8 Å². The molecule has 0 bridgehead atoms. The molecule has 0 atom stereocenters. The van der Waals surface area contributed by atoms with Crippen molar-refractivity contribution in [3.8, 4) is 5.69 Å². The molecule has 15 heavy (non-hydrogen) atoms. The van der Waals surface area contributed by atoms with Crippen LogP contribution in [0, 0.1) is 0 Å². The summed E-state index contributed by atoms with van der Waals surface area (Å²) in [5.41, 5.74) is 1.14. The lowest BCUT2D eigenvalue weighted by Crippen LogP contribution is -1.87. The van der Waals surface area contributed by atoms with Crippen LogP contribution in [0.5, 0.6) is 0 Å². The Hall–Kier alpha value is -1.57. The standard InChI is InChI=1S/C9H8N2.C4H10/c1-2-4-9(5-3-1)11-7-6-10-8-11;1-3-4-2/h1-8H;3-4H2,1-2H3. The van der Waals surface area contributed by atoms with Crippen molar-refractivity contribution in [2.75, 3.05) is 0 Å². The first-order valence-corrected chi connectivity index (χ1v) is 5.41. The Morgan fingerprint density at radius 2 is 1.73 bits per heavy atom. The van der Waals surface area contributed by atoms with Gasteiger partial charge in [0, 0.05) is 18.1 Å². The molecule has 0 saturated heterocycles. The molecule has 0 spiro atoms. The van der Waals surface area contributed by atoms with Crippen molar-refractivity contribution in [3.63, 3.8) is 0 Å². The number of hydrogen-bond acceptors (Lipinski definition) is 1. The van der Waals surface area contributed by atoms with Gasteiger partial charge in [-0.05, 0) is 12.1 Å². The molecule has 0 aliphatic rings. The fraction of sp³-hybridized carbons (Fsp3) is 0.308. The third-order valence-electron chi connectivity index (χ3n) is 2.06. The van der Waals surface area contributed by atoms with E-state index in [1.54, 1.807) is 12.5 Å². The minimum absolute atomic E-state index is 1.14. The highest BCUT2D eigenvalue weighted by Gasteiger charge is 1.89. The molecule has 0 saturated carbocycles. The van der Waals surface area contributed by atoms with Crippen molar-refractivity contribution in [2.45, 2.75) is 26.7 Å². The van der Waals surface area contributed by atoms with E-state index in [2.05, 4.69) is 18.8 Å². The molecule has 0 N–H and O–H groups in total. The molecule has 1 heterocycles. The Morgan fingerprint density at radius 1 is 1.07 bits per heavy atom. The molecule has 80 valence electrons. The Balaban J connectivity index is 0.000000245. The van der Waals surface area contributed by atoms with Gasteiger partial charge < -0.3 is 4.57 Å². The van der Waals surface area contributed by atoms with E-state index in [0.717, 1.165) is 5.69 Å². The average molecular weight is 202 g/mol. The van der Waals surface area contributed by atoms with E-state index >= 15 is 0 Å². The second kappa shape index (κ2) is 6.82. The highest BCUT2D eigenvalue weighted by molar-refractivity contribution is 5.30. The second-order valence-corrected chi connectivity index (χ2v) is 3.31. The third-order valence-corrected chi connectivity index (χ3v) is 2.06. The monoisotopic (exact) mass is 202 g/mol. The van der Waals surface area contributed by atoms with E-state index in [1.165, 1.54) is 12.8 Å². The molecular weight excluding hydrogens is 184 g/mol. The number of hydrogen-bond donors (Lipinski definition) is 0. The van der Waals surface area contributed by atoms with Crippen molar-refractivity contribution < 1.29 is 0 Å². The van der Waals surface area contributed by atoms with Crippen LogP contribution in [0.4, 0.5) is 0 Å². The molecular formula is C13H18N2. The Bertz CT molecular complexity index is 336. The molecule has 0 unspecified atom stereocenters. The molecule has 2 rings (SSSR count). The van der Waals surface area contributed by atoms with Crippen LogP contribution in [-0.2, 0) is 0 Å². The van der Waals surface area contributed by atoms with Crippen LogP contribution in [0.25, 0.3) is 5.69 Å². The molecule has 0 fully saturated rings. The van der Waals surface area contributed by atoms with Gasteiger partial charge in [-0.15, -0.1) is 0 Å². The van der Waals surface area contributed by atoms with Crippen LogP contribution >= 0.6 is 0 Å². The zero-order valence-corrected chi connectivity index (χ0v) is 9.43. The van der Waals surface area contributed by atoms with Crippen LogP contribution in [0.1, 0.15) is 26.7 Å². The Kier molecular flexibility index (Phi) is 5.23. The number of imidazole rings is 1. The molecule has 0 aliphatic heterocycles. The van der Waals surface area contributed by atoms with E-state index in [1.807, 2.05) is 41.1 Å². The van der Waals surface area contributed by atoms with Crippen molar-refractivity contribution in [2.24, 2.45) is 0 Å². The molecule has 2 heteroatoms. The van der Waals surface area contributed by atoms with E-state index in [9.17, 15) is 0 Å². The zero-order chi connectivity index (χ0) is 10.9. The van der Waals surface area contributed by atoms with Gasteiger partial charge >= 0.3 is 0 Å². The number of nitrogens with zero attached hydrogens (tertiary/aromatic N) is 2. The second-order valence-electron chi connectivity index (χ2n) is 3.31. The lowest BCUT2D eigenvalue weighted by Gasteiger charge is -1.98. The minimum atomic E-state index is 1.14. The fourth-order valence-electron chi connectivity index (χ4n) is 1.01. The van der Waals surface area contributed by atoms with Gasteiger partial charge in [0.25, 0.3) is 0 Å². The summed E-state index contributed by atoms with van der Waals surface area (Å²) in [5.74, 6) is 0. The minimum Gasteiger partial charge on any atom is -0.306 e. The van der Waals surface area contributed by atoms with Gasteiger partial charge in [-0.2, -0.15) is 0 Å². The maximum Gasteiger partial charge on any atom is 0.0991 e. The summed E-state index contributed by atoms with van der Waals surface area (Å²) in [4.78, 5) is 3.96. The van der Waals surface area contributed by atoms with Gasteiger partial charge in [0.15, 0.2) is 0 Å². The van der Waals surface area contributed by atoms with Crippen LogP contribution in [0.3, 0.4) is 0 Å². The van der Waals surface area contributed by atoms with E-state index < -0.39 is 0 Å². The van der Waals surface area contributed by atoms with Crippen molar-refractivity contribution in [1.29, 1.82) is 0 Å². The first-order chi connectivity index (χ1) is 7.38. The third kappa shape index (κ3) is 3.98. The van der Waals surface area contributed by atoms with E-state index in [4.69, 9.17) is 0 Å². The maximum absolute atomic E-state index is 3.96. The molecule has 0 amide bonds. The largest absolute Gasteiger partial charge is 0.306 e. The number of aromatic nitrogens is 2. The van der Waals surface area contributed by atoms with Crippen molar-refractivity contribution >= 4 is 0 Å². The molecule has 0 radical (unpaired) electrons. The smallest absolute Gasteiger partial charge is 0.0991 e. The quantitative estimate of drug-likeness (QED) is 0.726. The maximum atomic E-state index is 3.96. The molecule has 2 nitrogen and oxygen atoms in total. The van der Waals surface area contributed by atoms with Gasteiger partial charge in [0.05, 0.1) is 6.33 Å². The van der Waals surface area contributed by atoms with Crippen LogP contribution < -0.4 is 0 Å². The fourth-order valence-corrected chi connectivity index (χ4v) is 1.01. The van der Waals surface area contributed by atoms with E-state index in [-0.39, 0.29) is 0 Å². The summed E-state index contributed by atoms with van der Waals surface area (Å²) in [5, 5.41) is 0. The first-order valence-electron chi connectivity index (χ1n) is 5.41. The van der Waals surface area contributed by atoms with Crippen LogP contribution in [0.15, 0.2) is 49.1 Å². The molecule has 1 aromatic carbocycles. The molecule has 0 aliphatic carbocycles. The Morgan fingerprint density at radius 3 is 2.20 bits per heavy atom. The van der Waals surface area contributed by atoms with Gasteiger partial charge in [0.1, 0.15) is 0 Å². The normalized spacial score (nSPS) is 9.20. The zero-order valence-electron chi connectivity index (χ0n) is 9.43. The first kappa shape index (κ1) is 11.5. The van der Waals surface area contributed by atoms with Crippen molar-refractivity contribution in [1.82, 2.24) is 9.55 Å². The van der Waals surface area contributed by atoms with Gasteiger partial charge in [0.2, 0.25) is 0 Å². The average Bonchev–Trinajstić information content (AvgIpc) is 2.84. The summed E-state index contributed by atoms with van der Waals surface area (Å²) in [6.07, 6.45) is 8.12. The lowest BCUT2D eigenvalue weighted by molar-refractivity contribution is 0.886. The summed E-state index contributed by atoms with van der Waals surface area (Å²) in [7, 11) is 0. The molecule has 2 aromatic rings. The predicted octanol–water partition coefficient (Wildman–Crippen LogP) is 3.68. The SMILES string of the molecule is CCCC.c1ccc(-n2ccnc2)cc1. The molecule has 1 aromatic heterocycles. The lowest BCUT2D eigenvalue weighted by atomic mass is 10.3. The summed E-state index contributed by atoms with van der Waals surface area (Å²) >= 11 is 0. The van der Waals surface area contributed by atoms with Crippen LogP contribution in [-0.4, -0.2) is 9.55 Å². The predicted molar refractivity (Wildman–Crippen MR) is 64.1 cm³/mol. The number of benzene rings is 1. The van der Waals surface area contributed by atoms with Gasteiger partial charge in [-0.3, -0.25) is 0 Å². The summed E-state index contributed by atoms with van der Waals surface area (Å²) in [6, 6.07) is 10.1. The Labute approximate surface area is 91.6 Å². The van der Waals surface area contributed by atoms with Crippen LogP contribution in [0.2, 0.25) is 0 Å². The summed E-state index contributed by atoms with van der Waals surface area (Å²) in [6.45, 7) is 4.36. The number of unbranched alkanes of at least 4 members (excludes halogenated alkanes) is 1.